The molecule has 0 saturated carbocycles. The topological polar surface area (TPSA) is 69.9 Å². The van der Waals surface area contributed by atoms with Crippen molar-refractivity contribution in [3.8, 4) is 0 Å². The average molecular weight is 369 g/mol. The van der Waals surface area contributed by atoms with Gasteiger partial charge in [-0.1, -0.05) is 30.3 Å². The van der Waals surface area contributed by atoms with E-state index in [-0.39, 0.29) is 24.3 Å². The van der Waals surface area contributed by atoms with Gasteiger partial charge in [-0.3, -0.25) is 4.79 Å². The Hall–Kier alpha value is -1.79. The second-order valence-electron chi connectivity index (χ2n) is 6.06. The van der Waals surface area contributed by atoms with Crippen LogP contribution in [0.15, 0.2) is 30.3 Å². The van der Waals surface area contributed by atoms with E-state index in [1.807, 2.05) is 49.1 Å². The number of hydrogen-bond donors (Lipinski definition) is 1. The fraction of sp³-hybridized carbons (Fsp3) is 0.556. The predicted molar refractivity (Wildman–Crippen MR) is 102 cm³/mol. The number of nitrogens with two attached hydrogens (primary N) is 1. The molecule has 25 heavy (non-hydrogen) atoms. The zero-order valence-electron chi connectivity index (χ0n) is 15.1. The molecule has 1 aliphatic rings. The minimum absolute atomic E-state index is 0. The van der Waals surface area contributed by atoms with Gasteiger partial charge in [0.2, 0.25) is 5.91 Å². The summed E-state index contributed by atoms with van der Waals surface area (Å²) < 4.78 is 0. The summed E-state index contributed by atoms with van der Waals surface area (Å²) in [4.78, 5) is 30.2. The summed E-state index contributed by atoms with van der Waals surface area (Å²) in [7, 11) is 0. The zero-order valence-corrected chi connectivity index (χ0v) is 15.9. The molecule has 0 radical (unpaired) electrons. The van der Waals surface area contributed by atoms with Crippen molar-refractivity contribution in [2.24, 2.45) is 5.73 Å². The number of amides is 3. The van der Waals surface area contributed by atoms with Gasteiger partial charge in [0.05, 0.1) is 6.04 Å². The molecule has 0 bridgehead atoms. The van der Waals surface area contributed by atoms with E-state index in [2.05, 4.69) is 0 Å². The fourth-order valence-corrected chi connectivity index (χ4v) is 3.00. The normalized spacial score (nSPS) is 15.3. The molecule has 2 rings (SSSR count). The van der Waals surface area contributed by atoms with E-state index in [1.54, 1.807) is 9.80 Å². The van der Waals surface area contributed by atoms with Gasteiger partial charge in [0, 0.05) is 39.3 Å². The minimum Gasteiger partial charge on any atom is -0.338 e. The van der Waals surface area contributed by atoms with Crippen LogP contribution in [0.25, 0.3) is 0 Å². The van der Waals surface area contributed by atoms with Crippen molar-refractivity contribution in [1.29, 1.82) is 0 Å². The first-order valence-corrected chi connectivity index (χ1v) is 8.69. The Balaban J connectivity index is 0.00000312. The molecule has 1 fully saturated rings. The highest BCUT2D eigenvalue weighted by atomic mass is 35.5. The van der Waals surface area contributed by atoms with E-state index < -0.39 is 6.04 Å². The maximum absolute atomic E-state index is 12.5. The van der Waals surface area contributed by atoms with E-state index in [4.69, 9.17) is 5.73 Å². The molecular formula is C18H29ClN4O2. The molecule has 0 aromatic heterocycles. The maximum Gasteiger partial charge on any atom is 0.320 e. The molecule has 3 amide bonds. The van der Waals surface area contributed by atoms with Gasteiger partial charge in [0.1, 0.15) is 0 Å². The lowest BCUT2D eigenvalue weighted by Crippen LogP contribution is -2.56. The second kappa shape index (κ2) is 10.3. The summed E-state index contributed by atoms with van der Waals surface area (Å²) in [5, 5.41) is 0. The summed E-state index contributed by atoms with van der Waals surface area (Å²) in [6, 6.07) is 9.33. The zero-order chi connectivity index (χ0) is 17.5. The molecule has 1 heterocycles. The van der Waals surface area contributed by atoms with Crippen molar-refractivity contribution in [1.82, 2.24) is 14.7 Å². The van der Waals surface area contributed by atoms with Crippen molar-refractivity contribution in [3.63, 3.8) is 0 Å². The Morgan fingerprint density at radius 1 is 1.04 bits per heavy atom. The van der Waals surface area contributed by atoms with Crippen LogP contribution in [-0.2, 0) is 11.2 Å². The molecule has 7 heteroatoms. The summed E-state index contributed by atoms with van der Waals surface area (Å²) >= 11 is 0. The molecule has 1 aromatic carbocycles. The predicted octanol–water partition coefficient (Wildman–Crippen LogP) is 1.58. The van der Waals surface area contributed by atoms with Crippen molar-refractivity contribution in [2.75, 3.05) is 39.3 Å². The maximum atomic E-state index is 12.5. The van der Waals surface area contributed by atoms with E-state index in [1.165, 1.54) is 0 Å². The van der Waals surface area contributed by atoms with Crippen LogP contribution in [0.3, 0.4) is 0 Å². The number of benzene rings is 1. The highest BCUT2D eigenvalue weighted by Crippen LogP contribution is 2.09. The molecule has 0 spiro atoms. The van der Waals surface area contributed by atoms with Crippen molar-refractivity contribution >= 4 is 24.3 Å². The molecule has 140 valence electrons. The van der Waals surface area contributed by atoms with Gasteiger partial charge in [-0.2, -0.15) is 0 Å². The first-order chi connectivity index (χ1) is 11.6. The monoisotopic (exact) mass is 368 g/mol. The van der Waals surface area contributed by atoms with Crippen LogP contribution in [0, 0.1) is 0 Å². The van der Waals surface area contributed by atoms with Crippen LogP contribution in [-0.4, -0.2) is 71.9 Å². The summed E-state index contributed by atoms with van der Waals surface area (Å²) in [6.45, 7) is 7.60. The molecule has 1 aliphatic heterocycles. The van der Waals surface area contributed by atoms with Gasteiger partial charge in [-0.05, 0) is 25.8 Å². The average Bonchev–Trinajstić information content (AvgIpc) is 2.63. The first kappa shape index (κ1) is 21.3. The van der Waals surface area contributed by atoms with Crippen LogP contribution < -0.4 is 5.73 Å². The summed E-state index contributed by atoms with van der Waals surface area (Å²) in [6.07, 6.45) is 0.540. The number of hydrogen-bond acceptors (Lipinski definition) is 3. The Kier molecular flexibility index (Phi) is 8.72. The molecule has 1 aromatic rings. The van der Waals surface area contributed by atoms with E-state index in [0.29, 0.717) is 45.7 Å². The van der Waals surface area contributed by atoms with Crippen molar-refractivity contribution in [2.45, 2.75) is 26.3 Å². The Morgan fingerprint density at radius 3 is 2.08 bits per heavy atom. The van der Waals surface area contributed by atoms with Crippen LogP contribution in [0.1, 0.15) is 19.4 Å². The molecule has 6 nitrogen and oxygen atoms in total. The third-order valence-corrected chi connectivity index (χ3v) is 4.51. The Labute approximate surface area is 156 Å². The first-order valence-electron chi connectivity index (χ1n) is 8.69. The lowest BCUT2D eigenvalue weighted by Gasteiger charge is -2.38. The number of rotatable bonds is 5. The van der Waals surface area contributed by atoms with E-state index in [0.717, 1.165) is 5.56 Å². The summed E-state index contributed by atoms with van der Waals surface area (Å²) in [5.41, 5.74) is 7.15. The largest absolute Gasteiger partial charge is 0.338 e. The van der Waals surface area contributed by atoms with E-state index >= 15 is 0 Å². The van der Waals surface area contributed by atoms with Crippen molar-refractivity contribution in [3.05, 3.63) is 35.9 Å². The molecular weight excluding hydrogens is 340 g/mol. The number of piperazine rings is 1. The lowest BCUT2D eigenvalue weighted by molar-refractivity contribution is -0.134. The third-order valence-electron chi connectivity index (χ3n) is 4.51. The summed E-state index contributed by atoms with van der Waals surface area (Å²) in [5.74, 6) is -0.0335. The van der Waals surface area contributed by atoms with Gasteiger partial charge in [-0.25, -0.2) is 4.79 Å². The van der Waals surface area contributed by atoms with Gasteiger partial charge in [0.15, 0.2) is 0 Å². The van der Waals surface area contributed by atoms with Crippen LogP contribution in [0.2, 0.25) is 0 Å². The highest BCUT2D eigenvalue weighted by Gasteiger charge is 2.28. The third kappa shape index (κ3) is 5.61. The number of nitrogens with zero attached hydrogens (tertiary/aromatic N) is 3. The number of carbonyl (C=O) groups is 2. The van der Waals surface area contributed by atoms with Gasteiger partial charge in [0.25, 0.3) is 0 Å². The molecule has 0 aliphatic carbocycles. The minimum atomic E-state index is -0.530. The van der Waals surface area contributed by atoms with Crippen molar-refractivity contribution < 1.29 is 9.59 Å². The Bertz CT molecular complexity index is 543. The second-order valence-corrected chi connectivity index (χ2v) is 6.06. The SMILES string of the molecule is CCN(CC)C(=O)N1CCN(C(=O)C(N)Cc2ccccc2)CC1.Cl. The van der Waals surface area contributed by atoms with Gasteiger partial charge >= 0.3 is 6.03 Å². The van der Waals surface area contributed by atoms with Crippen LogP contribution in [0.5, 0.6) is 0 Å². The smallest absolute Gasteiger partial charge is 0.320 e. The van der Waals surface area contributed by atoms with E-state index in [9.17, 15) is 9.59 Å². The Morgan fingerprint density at radius 2 is 1.56 bits per heavy atom. The highest BCUT2D eigenvalue weighted by molar-refractivity contribution is 5.85. The molecule has 1 saturated heterocycles. The molecule has 1 unspecified atom stereocenters. The van der Waals surface area contributed by atoms with Gasteiger partial charge < -0.3 is 20.4 Å². The standard InChI is InChI=1S/C18H28N4O2.ClH/c1-3-20(4-2)18(24)22-12-10-21(11-13-22)17(23)16(19)14-15-8-6-5-7-9-15;/h5-9,16H,3-4,10-14,19H2,1-2H3;1H. The molecule has 1 atom stereocenters. The number of halogens is 1. The fourth-order valence-electron chi connectivity index (χ4n) is 3.00. The number of carbonyl (C=O) groups excluding carboxylic acids is 2. The van der Waals surface area contributed by atoms with Gasteiger partial charge in [-0.15, -0.1) is 12.4 Å². The lowest BCUT2D eigenvalue weighted by atomic mass is 10.1. The van der Waals surface area contributed by atoms with Crippen LogP contribution in [0.4, 0.5) is 4.79 Å². The molecule has 2 N–H and O–H groups in total. The number of urea groups is 1. The quantitative estimate of drug-likeness (QED) is 0.857. The van der Waals surface area contributed by atoms with Crippen LogP contribution >= 0.6 is 12.4 Å².